The van der Waals surface area contributed by atoms with Crippen molar-refractivity contribution in [3.8, 4) is 6.07 Å². The largest absolute Gasteiger partial charge is 0.316 e. The van der Waals surface area contributed by atoms with Crippen LogP contribution in [0, 0.1) is 45.9 Å². The molecule has 0 bridgehead atoms. The summed E-state index contributed by atoms with van der Waals surface area (Å²) in [7, 11) is 0. The monoisotopic (exact) mass is 449 g/mol. The Morgan fingerprint density at radius 3 is 2.61 bits per heavy atom. The summed E-state index contributed by atoms with van der Waals surface area (Å²) in [4.78, 5) is 13.9. The first-order valence-electron chi connectivity index (χ1n) is 9.94. The number of anilines is 1. The number of nitriles is 1. The van der Waals surface area contributed by atoms with Crippen molar-refractivity contribution in [3.05, 3.63) is 50.9 Å². The van der Waals surface area contributed by atoms with Crippen LogP contribution in [0.2, 0.25) is 0 Å². The Morgan fingerprint density at radius 2 is 1.90 bits per heavy atom. The van der Waals surface area contributed by atoms with Crippen LogP contribution in [0.25, 0.3) is 16.6 Å². The molecule has 1 unspecified atom stereocenters. The number of thiophene rings is 1. The van der Waals surface area contributed by atoms with Gasteiger partial charge in [0.05, 0.1) is 16.3 Å². The predicted octanol–water partition coefficient (Wildman–Crippen LogP) is 5.48. The molecule has 158 valence electrons. The van der Waals surface area contributed by atoms with Crippen LogP contribution in [0.3, 0.4) is 0 Å². The smallest absolute Gasteiger partial charge is 0.238 e. The van der Waals surface area contributed by atoms with E-state index in [4.69, 9.17) is 0 Å². The van der Waals surface area contributed by atoms with Crippen LogP contribution in [-0.2, 0) is 4.79 Å². The van der Waals surface area contributed by atoms with Crippen LogP contribution >= 0.6 is 23.1 Å². The number of rotatable bonds is 4. The lowest BCUT2D eigenvalue weighted by Gasteiger charge is -2.13. The second-order valence-electron chi connectivity index (χ2n) is 7.83. The van der Waals surface area contributed by atoms with Crippen molar-refractivity contribution in [1.29, 1.82) is 5.26 Å². The van der Waals surface area contributed by atoms with E-state index in [2.05, 4.69) is 54.5 Å². The number of carbonyl (C=O) groups is 1. The van der Waals surface area contributed by atoms with Gasteiger partial charge in [-0.15, -0.1) is 21.5 Å². The van der Waals surface area contributed by atoms with E-state index in [1.165, 1.54) is 28.7 Å². The summed E-state index contributed by atoms with van der Waals surface area (Å²) in [5.74, 6) is -0.163. The normalized spacial score (nSPS) is 12.3. The van der Waals surface area contributed by atoms with Crippen LogP contribution < -0.4 is 5.32 Å². The number of nitrogens with one attached hydrogen (secondary N) is 1. The van der Waals surface area contributed by atoms with Gasteiger partial charge in [0.25, 0.3) is 0 Å². The number of nitrogens with zero attached hydrogens (tertiary/aromatic N) is 4. The van der Waals surface area contributed by atoms with Gasteiger partial charge in [-0.05, 0) is 70.4 Å². The van der Waals surface area contributed by atoms with Crippen LogP contribution in [-0.4, -0.2) is 25.8 Å². The summed E-state index contributed by atoms with van der Waals surface area (Å²) in [6.45, 7) is 12.0. The van der Waals surface area contributed by atoms with Gasteiger partial charge in [0.1, 0.15) is 11.1 Å². The average molecular weight is 450 g/mol. The van der Waals surface area contributed by atoms with Crippen molar-refractivity contribution in [1.82, 2.24) is 14.6 Å². The topological polar surface area (TPSA) is 83.1 Å². The molecular weight excluding hydrogens is 426 g/mol. The van der Waals surface area contributed by atoms with Gasteiger partial charge in [-0.3, -0.25) is 9.20 Å². The zero-order chi connectivity index (χ0) is 22.4. The quantitative estimate of drug-likeness (QED) is 0.417. The third-order valence-corrected chi connectivity index (χ3v) is 7.65. The zero-order valence-electron chi connectivity index (χ0n) is 18.3. The van der Waals surface area contributed by atoms with E-state index in [0.717, 1.165) is 38.1 Å². The Labute approximate surface area is 189 Å². The lowest BCUT2D eigenvalue weighted by molar-refractivity contribution is -0.115. The number of carbonyl (C=O) groups excluding carboxylic acids is 1. The van der Waals surface area contributed by atoms with Gasteiger partial charge >= 0.3 is 0 Å². The molecule has 4 aromatic rings. The SMILES string of the molecule is Cc1cc(C)c2c(c1)c(C)cc1nnc(SC(C)C(=O)Nc3sc(C)c(C)c3C#N)n12. The molecule has 0 saturated carbocycles. The number of hydrogen-bond acceptors (Lipinski definition) is 6. The van der Waals surface area contributed by atoms with Crippen molar-refractivity contribution in [2.75, 3.05) is 5.32 Å². The maximum Gasteiger partial charge on any atom is 0.238 e. The van der Waals surface area contributed by atoms with Crippen LogP contribution in [0.15, 0.2) is 23.4 Å². The summed E-state index contributed by atoms with van der Waals surface area (Å²) >= 11 is 2.80. The van der Waals surface area contributed by atoms with E-state index in [-0.39, 0.29) is 5.91 Å². The Bertz CT molecular complexity index is 1390. The highest BCUT2D eigenvalue weighted by Gasteiger charge is 2.22. The molecule has 0 saturated heterocycles. The molecule has 0 aliphatic carbocycles. The fourth-order valence-electron chi connectivity index (χ4n) is 3.76. The average Bonchev–Trinajstić information content (AvgIpc) is 3.21. The van der Waals surface area contributed by atoms with Crippen LogP contribution in [0.1, 0.15) is 39.6 Å². The Balaban J connectivity index is 1.69. The van der Waals surface area contributed by atoms with Gasteiger partial charge in [-0.25, -0.2) is 0 Å². The van der Waals surface area contributed by atoms with E-state index in [9.17, 15) is 10.1 Å². The Kier molecular flexibility index (Phi) is 5.50. The second-order valence-corrected chi connectivity index (χ2v) is 10.4. The number of pyridine rings is 1. The molecule has 31 heavy (non-hydrogen) atoms. The Hall–Kier alpha value is -2.89. The van der Waals surface area contributed by atoms with Gasteiger partial charge < -0.3 is 5.32 Å². The van der Waals surface area contributed by atoms with Crippen molar-refractivity contribution in [2.24, 2.45) is 0 Å². The fourth-order valence-corrected chi connectivity index (χ4v) is 5.64. The first-order valence-corrected chi connectivity index (χ1v) is 11.6. The summed E-state index contributed by atoms with van der Waals surface area (Å²) in [5.41, 5.74) is 6.78. The molecule has 1 N–H and O–H groups in total. The molecule has 1 amide bonds. The minimum atomic E-state index is -0.413. The van der Waals surface area contributed by atoms with E-state index in [1.807, 2.05) is 31.2 Å². The molecule has 1 aromatic carbocycles. The first-order chi connectivity index (χ1) is 14.7. The van der Waals surface area contributed by atoms with Gasteiger partial charge in [-0.2, -0.15) is 5.26 Å². The van der Waals surface area contributed by atoms with Gasteiger partial charge in [0.2, 0.25) is 5.91 Å². The molecule has 4 rings (SSSR count). The maximum atomic E-state index is 12.9. The summed E-state index contributed by atoms with van der Waals surface area (Å²) in [6.07, 6.45) is 0. The molecule has 0 aliphatic rings. The van der Waals surface area contributed by atoms with Crippen molar-refractivity contribution < 1.29 is 4.79 Å². The molecule has 3 heterocycles. The number of fused-ring (bicyclic) bond motifs is 3. The number of benzene rings is 1. The minimum absolute atomic E-state index is 0.163. The molecule has 0 fully saturated rings. The van der Waals surface area contributed by atoms with Gasteiger partial charge in [0.15, 0.2) is 10.8 Å². The number of aromatic nitrogens is 3. The number of hydrogen-bond donors (Lipinski definition) is 1. The molecule has 0 spiro atoms. The highest BCUT2D eigenvalue weighted by Crippen LogP contribution is 2.34. The van der Waals surface area contributed by atoms with Crippen molar-refractivity contribution in [3.63, 3.8) is 0 Å². The third kappa shape index (κ3) is 3.68. The molecule has 0 radical (unpaired) electrons. The molecule has 6 nitrogen and oxygen atoms in total. The number of amides is 1. The van der Waals surface area contributed by atoms with E-state index < -0.39 is 5.25 Å². The highest BCUT2D eigenvalue weighted by atomic mass is 32.2. The van der Waals surface area contributed by atoms with Gasteiger partial charge in [0, 0.05) is 10.3 Å². The minimum Gasteiger partial charge on any atom is -0.316 e. The lowest BCUT2D eigenvalue weighted by Crippen LogP contribution is -2.22. The van der Waals surface area contributed by atoms with E-state index in [1.54, 1.807) is 0 Å². The molecular formula is C23H23N5OS2. The summed E-state index contributed by atoms with van der Waals surface area (Å²) in [6, 6.07) is 8.55. The third-order valence-electron chi connectivity index (χ3n) is 5.48. The summed E-state index contributed by atoms with van der Waals surface area (Å²) in [5, 5.41) is 23.1. The summed E-state index contributed by atoms with van der Waals surface area (Å²) < 4.78 is 2.03. The van der Waals surface area contributed by atoms with Crippen LogP contribution in [0.5, 0.6) is 0 Å². The Morgan fingerprint density at radius 1 is 1.16 bits per heavy atom. The molecule has 3 aromatic heterocycles. The molecule has 1 atom stereocenters. The van der Waals surface area contributed by atoms with Crippen molar-refractivity contribution in [2.45, 2.75) is 51.9 Å². The fraction of sp³-hybridized carbons (Fsp3) is 0.304. The standard InChI is InChI=1S/C23H23N5OS2/c1-11-7-13(3)20-17(8-11)12(2)9-19-26-27-23(28(19)20)31-16(6)21(29)25-22-18(10-24)14(4)15(5)30-22/h7-9,16H,1-6H3,(H,25,29). The maximum absolute atomic E-state index is 12.9. The van der Waals surface area contributed by atoms with Crippen LogP contribution in [0.4, 0.5) is 5.00 Å². The number of thioether (sulfide) groups is 1. The van der Waals surface area contributed by atoms with E-state index in [0.29, 0.717) is 15.7 Å². The predicted molar refractivity (Wildman–Crippen MR) is 127 cm³/mol. The highest BCUT2D eigenvalue weighted by molar-refractivity contribution is 8.00. The van der Waals surface area contributed by atoms with E-state index >= 15 is 0 Å². The zero-order valence-corrected chi connectivity index (χ0v) is 20.0. The number of aryl methyl sites for hydroxylation is 4. The second kappa shape index (κ2) is 7.98. The van der Waals surface area contributed by atoms with Gasteiger partial charge in [-0.1, -0.05) is 23.4 Å². The molecule has 0 aliphatic heterocycles. The van der Waals surface area contributed by atoms with Crippen molar-refractivity contribution >= 4 is 50.6 Å². The first kappa shape index (κ1) is 21.3. The molecule has 8 heteroatoms. The lowest BCUT2D eigenvalue weighted by atomic mass is 10.0.